The molecule has 0 radical (unpaired) electrons. The van der Waals surface area contributed by atoms with Gasteiger partial charge in [-0.2, -0.15) is 0 Å². The van der Waals surface area contributed by atoms with Crippen molar-refractivity contribution in [3.05, 3.63) is 191 Å². The second-order valence-corrected chi connectivity index (χ2v) is 22.6. The Bertz CT molecular complexity index is 3400. The topological polar surface area (TPSA) is 278 Å². The molecule has 0 aromatic heterocycles. The summed E-state index contributed by atoms with van der Waals surface area (Å²) in [6.45, 7) is 5.63. The standard InChI is InChI=1S/C66H67NO20/c1-39-47(83-61(75)55(85-51(71)37-78-36-50(70)79-34-42-22-12-7-13-23-42)53(44-26-16-9-17-27-44)67-59(73)45-28-18-10-19-29-45)33-66(77)58(86-60(74)46-30-20-11-21-31-46)56-64(6,57(72)54(82-40(2)68)52(39)63(66,4)5)48(32-49-65(56,38-81-49)87-41(3)69)84-62(76)80-35-43-24-14-8-15-25-43/h7-31,47-49,53-56,58,77H,32-38H2,1-6H3,(H,67,73)/t47-,48-,49+,53-,54+,55+,56-,58-,64+,65-,66+/m0/s1. The summed E-state index contributed by atoms with van der Waals surface area (Å²) < 4.78 is 59.9. The summed E-state index contributed by atoms with van der Waals surface area (Å²) in [6.07, 6.45) is -12.9. The highest BCUT2D eigenvalue weighted by Gasteiger charge is 2.79. The van der Waals surface area contributed by atoms with Crippen molar-refractivity contribution in [3.8, 4) is 0 Å². The van der Waals surface area contributed by atoms with Crippen molar-refractivity contribution in [2.45, 2.75) is 121 Å². The largest absolute Gasteiger partial charge is 0.508 e. The van der Waals surface area contributed by atoms with E-state index in [9.17, 15) is 38.7 Å². The lowest BCUT2D eigenvalue weighted by Crippen LogP contribution is -2.82. The number of hydrogen-bond acceptors (Lipinski definition) is 20. The number of ketones is 1. The Labute approximate surface area is 501 Å². The van der Waals surface area contributed by atoms with E-state index in [0.29, 0.717) is 11.1 Å². The first kappa shape index (κ1) is 62.5. The zero-order valence-electron chi connectivity index (χ0n) is 48.7. The zero-order chi connectivity index (χ0) is 62.3. The monoisotopic (exact) mass is 1190 g/mol. The van der Waals surface area contributed by atoms with E-state index in [1.54, 1.807) is 127 Å². The summed E-state index contributed by atoms with van der Waals surface area (Å²) >= 11 is 0. The molecule has 456 valence electrons. The third-order valence-electron chi connectivity index (χ3n) is 16.8. The Morgan fingerprint density at radius 1 is 0.667 bits per heavy atom. The molecule has 87 heavy (non-hydrogen) atoms. The van der Waals surface area contributed by atoms with E-state index in [1.807, 2.05) is 0 Å². The lowest BCUT2D eigenvalue weighted by Gasteiger charge is -2.67. The number of carbonyl (C=O) groups excluding carboxylic acids is 9. The zero-order valence-corrected chi connectivity index (χ0v) is 48.7. The third-order valence-corrected chi connectivity index (χ3v) is 16.8. The second-order valence-electron chi connectivity index (χ2n) is 22.6. The minimum Gasteiger partial charge on any atom is -0.459 e. The van der Waals surface area contributed by atoms with Crippen LogP contribution >= 0.6 is 0 Å². The van der Waals surface area contributed by atoms with Gasteiger partial charge in [-0.05, 0) is 65.9 Å². The van der Waals surface area contributed by atoms with Gasteiger partial charge in [-0.1, -0.05) is 141 Å². The first-order valence-electron chi connectivity index (χ1n) is 28.2. The van der Waals surface area contributed by atoms with Gasteiger partial charge in [0.05, 0.1) is 23.5 Å². The number of benzene rings is 5. The van der Waals surface area contributed by atoms with Gasteiger partial charge in [0.15, 0.2) is 17.5 Å². The average molecular weight is 1190 g/mol. The quantitative estimate of drug-likeness (QED) is 0.0436. The number of nitrogens with one attached hydrogen (secondary N) is 1. The van der Waals surface area contributed by atoms with Crippen LogP contribution in [0, 0.1) is 16.7 Å². The lowest BCUT2D eigenvalue weighted by molar-refractivity contribution is -0.346. The molecular formula is C66H67NO20. The van der Waals surface area contributed by atoms with Crippen molar-refractivity contribution in [3.63, 3.8) is 0 Å². The summed E-state index contributed by atoms with van der Waals surface area (Å²) in [7, 11) is 0. The Morgan fingerprint density at radius 3 is 1.78 bits per heavy atom. The van der Waals surface area contributed by atoms with Crippen LogP contribution in [0.5, 0.6) is 0 Å². The van der Waals surface area contributed by atoms with Gasteiger partial charge in [0.2, 0.25) is 6.10 Å². The van der Waals surface area contributed by atoms with Crippen LogP contribution in [0.3, 0.4) is 0 Å². The molecule has 1 saturated heterocycles. The van der Waals surface area contributed by atoms with Gasteiger partial charge >= 0.3 is 42.0 Å². The number of rotatable bonds is 20. The molecule has 21 nitrogen and oxygen atoms in total. The average Bonchev–Trinajstić information content (AvgIpc) is 0.673. The van der Waals surface area contributed by atoms with E-state index in [0.717, 1.165) is 13.8 Å². The number of esters is 6. The first-order valence-corrected chi connectivity index (χ1v) is 28.2. The van der Waals surface area contributed by atoms with Gasteiger partial charge in [0, 0.05) is 37.7 Å². The van der Waals surface area contributed by atoms with Gasteiger partial charge in [-0.3, -0.25) is 19.2 Å². The lowest BCUT2D eigenvalue weighted by atomic mass is 9.44. The maximum atomic E-state index is 16.5. The molecule has 0 unspecified atom stereocenters. The number of amides is 1. The van der Waals surface area contributed by atoms with Crippen LogP contribution in [-0.2, 0) is 89.3 Å². The van der Waals surface area contributed by atoms with Gasteiger partial charge in [-0.15, -0.1) is 0 Å². The van der Waals surface area contributed by atoms with Crippen molar-refractivity contribution >= 4 is 53.7 Å². The highest BCUT2D eigenvalue weighted by molar-refractivity contribution is 5.97. The van der Waals surface area contributed by atoms with Crippen molar-refractivity contribution in [1.29, 1.82) is 0 Å². The highest BCUT2D eigenvalue weighted by atomic mass is 16.7. The van der Waals surface area contributed by atoms with Crippen molar-refractivity contribution in [2.75, 3.05) is 19.8 Å². The number of ether oxygens (including phenoxy) is 10. The number of hydrogen-bond donors (Lipinski definition) is 2. The fraction of sp³-hybridized carbons (Fsp3) is 0.379. The molecule has 2 N–H and O–H groups in total. The Morgan fingerprint density at radius 2 is 1.22 bits per heavy atom. The molecule has 5 aromatic carbocycles. The summed E-state index contributed by atoms with van der Waals surface area (Å²) in [6, 6.07) is 39.5. The molecule has 3 aliphatic carbocycles. The summed E-state index contributed by atoms with van der Waals surface area (Å²) in [5.41, 5.74) is -7.12. The molecule has 0 spiro atoms. The van der Waals surface area contributed by atoms with E-state index < -0.39 is 151 Å². The predicted molar refractivity (Wildman–Crippen MR) is 304 cm³/mol. The van der Waals surface area contributed by atoms with E-state index >= 15 is 9.59 Å². The molecule has 3 fully saturated rings. The SMILES string of the molecule is CC(=O)O[C@H]1C(=O)[C@]2(C)[C@@H](OC(=O)OCc3ccccc3)C[C@H]3OC[C@@]3(OC(C)=O)[C@H]2[C@H](OC(=O)c2ccccc2)[C@]2(O)C[C@H](OC(=O)[C@H](OC(=O)COCC(=O)OCc3ccccc3)[C@@H](NC(=O)c3ccccc3)c3ccccc3)C(C)=C1C2(C)C. The minimum atomic E-state index is -2.61. The maximum absolute atomic E-state index is 16.5. The molecule has 9 rings (SSSR count). The Kier molecular flexibility index (Phi) is 18.9. The maximum Gasteiger partial charge on any atom is 0.508 e. The fourth-order valence-electron chi connectivity index (χ4n) is 12.5. The van der Waals surface area contributed by atoms with Gasteiger partial charge < -0.3 is 57.8 Å². The van der Waals surface area contributed by atoms with Crippen LogP contribution in [0.25, 0.3) is 0 Å². The molecule has 1 aliphatic heterocycles. The third kappa shape index (κ3) is 13.1. The molecule has 11 atom stereocenters. The fourth-order valence-corrected chi connectivity index (χ4v) is 12.5. The van der Waals surface area contributed by atoms with Crippen LogP contribution in [-0.4, -0.2) is 126 Å². The summed E-state index contributed by atoms with van der Waals surface area (Å²) in [4.78, 5) is 129. The molecule has 2 bridgehead atoms. The van der Waals surface area contributed by atoms with Crippen LogP contribution in [0.4, 0.5) is 4.79 Å². The number of fused-ring (bicyclic) bond motifs is 5. The van der Waals surface area contributed by atoms with Crippen LogP contribution in [0.1, 0.15) is 97.8 Å². The normalized spacial score (nSPS) is 25.7. The molecule has 5 aromatic rings. The number of aliphatic hydroxyl groups is 1. The van der Waals surface area contributed by atoms with Gasteiger partial charge in [0.1, 0.15) is 62.5 Å². The van der Waals surface area contributed by atoms with Crippen molar-refractivity contribution < 1.29 is 95.6 Å². The summed E-state index contributed by atoms with van der Waals surface area (Å²) in [5, 5.41) is 17.1. The van der Waals surface area contributed by atoms with Gasteiger partial charge in [-0.25, -0.2) is 24.0 Å². The molecule has 1 heterocycles. The van der Waals surface area contributed by atoms with Gasteiger partial charge in [0.25, 0.3) is 5.91 Å². The first-order chi connectivity index (χ1) is 41.6. The number of Topliss-reactive ketones (excluding diaryl/α,β-unsaturated/α-hetero) is 1. The van der Waals surface area contributed by atoms with E-state index in [-0.39, 0.29) is 47.5 Å². The number of carbonyl (C=O) groups is 9. The Hall–Kier alpha value is -9.05. The molecular weight excluding hydrogens is 1130 g/mol. The summed E-state index contributed by atoms with van der Waals surface area (Å²) in [5.74, 6) is -9.69. The molecule has 4 aliphatic rings. The second kappa shape index (κ2) is 26.3. The van der Waals surface area contributed by atoms with E-state index in [1.165, 1.54) is 52.0 Å². The van der Waals surface area contributed by atoms with E-state index in [4.69, 9.17) is 47.4 Å². The van der Waals surface area contributed by atoms with E-state index in [2.05, 4.69) is 5.32 Å². The molecule has 21 heteroatoms. The smallest absolute Gasteiger partial charge is 0.459 e. The highest BCUT2D eigenvalue weighted by Crippen LogP contribution is 2.65. The Balaban J connectivity index is 1.16. The molecule has 1 amide bonds. The molecule has 2 saturated carbocycles. The predicted octanol–water partition coefficient (Wildman–Crippen LogP) is 7.41. The van der Waals surface area contributed by atoms with Crippen molar-refractivity contribution in [1.82, 2.24) is 5.32 Å². The van der Waals surface area contributed by atoms with Crippen molar-refractivity contribution in [2.24, 2.45) is 16.7 Å². The van der Waals surface area contributed by atoms with Crippen LogP contribution < -0.4 is 5.32 Å². The van der Waals surface area contributed by atoms with Crippen LogP contribution in [0.15, 0.2) is 163 Å². The minimum absolute atomic E-state index is 0.0178. The van der Waals surface area contributed by atoms with Crippen LogP contribution in [0.2, 0.25) is 0 Å².